The van der Waals surface area contributed by atoms with Crippen molar-refractivity contribution >= 4 is 21.5 Å². The maximum absolute atomic E-state index is 12.9. The average Bonchev–Trinajstić information content (AvgIpc) is 3.06. The summed E-state index contributed by atoms with van der Waals surface area (Å²) in [5.74, 6) is 13.4. The molecule has 0 aromatic heterocycles. The number of alkyl halides is 6. The summed E-state index contributed by atoms with van der Waals surface area (Å²) in [7, 11) is 0. The molecular weight excluding hydrogens is 626 g/mol. The molecule has 0 bridgehead atoms. The summed E-state index contributed by atoms with van der Waals surface area (Å²) in [6, 6.07) is 28.6. The highest BCUT2D eigenvalue weighted by Gasteiger charge is 2.30. The van der Waals surface area contributed by atoms with Crippen molar-refractivity contribution < 1.29 is 35.8 Å². The predicted octanol–water partition coefficient (Wildman–Crippen LogP) is 10.3. The van der Waals surface area contributed by atoms with E-state index in [1.807, 2.05) is 60.7 Å². The Labute approximate surface area is 271 Å². The standard InChI is InChI=1S/C40H22F6O2/c41-39(42,43)31-13-5-25(6-14-31)1-3-27-9-17-33-29(23-27)11-19-35-37(33)38-34-18-10-28(24-30(34)12-20-36(38)48-22-21-47-35)4-2-26-7-15-32(16-8-26)40(44,45)46/h5-20,23-24H,21-22H2. The van der Waals surface area contributed by atoms with Gasteiger partial charge in [0.15, 0.2) is 0 Å². The van der Waals surface area contributed by atoms with Gasteiger partial charge in [-0.1, -0.05) is 47.9 Å². The minimum Gasteiger partial charge on any atom is -0.489 e. The number of hydrogen-bond acceptors (Lipinski definition) is 2. The van der Waals surface area contributed by atoms with Gasteiger partial charge in [-0.15, -0.1) is 0 Å². The van der Waals surface area contributed by atoms with Crippen molar-refractivity contribution in [2.24, 2.45) is 0 Å². The quantitative estimate of drug-likeness (QED) is 0.121. The van der Waals surface area contributed by atoms with Crippen molar-refractivity contribution in [1.82, 2.24) is 0 Å². The summed E-state index contributed by atoms with van der Waals surface area (Å²) in [6.45, 7) is 0.705. The molecule has 0 unspecified atom stereocenters. The average molecular weight is 649 g/mol. The molecule has 2 nitrogen and oxygen atoms in total. The molecule has 1 aliphatic heterocycles. The first kappa shape index (κ1) is 30.8. The van der Waals surface area contributed by atoms with Gasteiger partial charge in [-0.3, -0.25) is 0 Å². The van der Waals surface area contributed by atoms with Crippen molar-refractivity contribution in [2.45, 2.75) is 12.4 Å². The van der Waals surface area contributed by atoms with Crippen LogP contribution in [0.25, 0.3) is 32.7 Å². The first-order valence-corrected chi connectivity index (χ1v) is 14.8. The number of hydrogen-bond donors (Lipinski definition) is 0. The second-order valence-corrected chi connectivity index (χ2v) is 11.1. The van der Waals surface area contributed by atoms with Crippen LogP contribution in [0.2, 0.25) is 0 Å². The van der Waals surface area contributed by atoms with Gasteiger partial charge in [-0.05, 0) is 106 Å². The highest BCUT2D eigenvalue weighted by atomic mass is 19.4. The molecule has 0 spiro atoms. The number of rotatable bonds is 0. The summed E-state index contributed by atoms with van der Waals surface area (Å²) in [6.07, 6.45) is -8.82. The van der Waals surface area contributed by atoms with E-state index < -0.39 is 23.5 Å². The maximum atomic E-state index is 12.9. The molecule has 0 saturated carbocycles. The van der Waals surface area contributed by atoms with Crippen molar-refractivity contribution in [2.75, 3.05) is 13.2 Å². The molecule has 6 aromatic rings. The fourth-order valence-electron chi connectivity index (χ4n) is 5.61. The molecule has 0 radical (unpaired) electrons. The minimum absolute atomic E-state index is 0.352. The van der Waals surface area contributed by atoms with Crippen LogP contribution >= 0.6 is 0 Å². The molecule has 1 heterocycles. The van der Waals surface area contributed by atoms with E-state index in [1.54, 1.807) is 0 Å². The Hall–Kier alpha value is -5.86. The van der Waals surface area contributed by atoms with Crippen LogP contribution in [0.3, 0.4) is 0 Å². The molecule has 48 heavy (non-hydrogen) atoms. The monoisotopic (exact) mass is 648 g/mol. The Morgan fingerprint density at radius 3 is 1.15 bits per heavy atom. The van der Waals surface area contributed by atoms with Crippen LogP contribution in [0.4, 0.5) is 26.3 Å². The van der Waals surface area contributed by atoms with Crippen LogP contribution in [0.5, 0.6) is 11.5 Å². The molecule has 8 heteroatoms. The first-order chi connectivity index (χ1) is 23.0. The highest BCUT2D eigenvalue weighted by Crippen LogP contribution is 2.46. The van der Waals surface area contributed by atoms with Gasteiger partial charge in [0, 0.05) is 33.4 Å². The third-order valence-corrected chi connectivity index (χ3v) is 7.94. The molecule has 0 N–H and O–H groups in total. The molecule has 1 aliphatic rings. The lowest BCUT2D eigenvalue weighted by molar-refractivity contribution is -0.138. The van der Waals surface area contributed by atoms with Crippen LogP contribution in [0.1, 0.15) is 33.4 Å². The van der Waals surface area contributed by atoms with Crippen molar-refractivity contribution in [3.05, 3.63) is 143 Å². The van der Waals surface area contributed by atoms with Gasteiger partial charge in [0.1, 0.15) is 24.7 Å². The fourth-order valence-corrected chi connectivity index (χ4v) is 5.61. The van der Waals surface area contributed by atoms with E-state index in [0.717, 1.165) is 56.9 Å². The van der Waals surface area contributed by atoms with Crippen LogP contribution in [0, 0.1) is 23.7 Å². The Morgan fingerprint density at radius 1 is 0.417 bits per heavy atom. The maximum Gasteiger partial charge on any atom is 0.416 e. The third-order valence-electron chi connectivity index (χ3n) is 7.94. The largest absolute Gasteiger partial charge is 0.489 e. The van der Waals surface area contributed by atoms with Gasteiger partial charge in [0.2, 0.25) is 0 Å². The molecule has 0 fully saturated rings. The highest BCUT2D eigenvalue weighted by molar-refractivity contribution is 6.10. The number of benzene rings is 6. The fraction of sp³-hybridized carbons (Fsp3) is 0.100. The lowest BCUT2D eigenvalue weighted by Gasteiger charge is -2.22. The van der Waals surface area contributed by atoms with E-state index in [2.05, 4.69) is 23.7 Å². The second-order valence-electron chi connectivity index (χ2n) is 11.1. The molecule has 0 atom stereocenters. The zero-order chi connectivity index (χ0) is 33.5. The van der Waals surface area contributed by atoms with E-state index in [4.69, 9.17) is 9.47 Å². The SMILES string of the molecule is FC(F)(F)c1ccc(C#Cc2ccc3c4c(ccc3c2)OCCOc2ccc3cc(C#Cc5ccc(C(F)(F)F)cc5)ccc3c2-4)cc1. The molecule has 236 valence electrons. The van der Waals surface area contributed by atoms with Gasteiger partial charge in [0.05, 0.1) is 11.1 Å². The van der Waals surface area contributed by atoms with E-state index in [0.29, 0.717) is 47.0 Å². The number of fused-ring (bicyclic) bond motifs is 7. The topological polar surface area (TPSA) is 18.5 Å². The smallest absolute Gasteiger partial charge is 0.416 e. The van der Waals surface area contributed by atoms with Crippen LogP contribution in [0.15, 0.2) is 109 Å². The Bertz CT molecular complexity index is 2150. The van der Waals surface area contributed by atoms with E-state index in [9.17, 15) is 26.3 Å². The summed E-state index contributed by atoms with van der Waals surface area (Å²) < 4.78 is 89.8. The minimum atomic E-state index is -4.41. The zero-order valence-corrected chi connectivity index (χ0v) is 24.9. The lowest BCUT2D eigenvalue weighted by Crippen LogP contribution is -2.12. The van der Waals surface area contributed by atoms with Crippen LogP contribution in [-0.4, -0.2) is 13.2 Å². The second kappa shape index (κ2) is 12.1. The first-order valence-electron chi connectivity index (χ1n) is 14.8. The Balaban J connectivity index is 1.26. The molecule has 0 saturated heterocycles. The Morgan fingerprint density at radius 2 is 0.771 bits per heavy atom. The van der Waals surface area contributed by atoms with E-state index >= 15 is 0 Å². The summed E-state index contributed by atoms with van der Waals surface area (Å²) in [4.78, 5) is 0. The van der Waals surface area contributed by atoms with Gasteiger partial charge in [0.25, 0.3) is 0 Å². The van der Waals surface area contributed by atoms with Crippen LogP contribution in [-0.2, 0) is 12.4 Å². The van der Waals surface area contributed by atoms with Crippen molar-refractivity contribution in [3.63, 3.8) is 0 Å². The Kier molecular flexibility index (Phi) is 7.73. The van der Waals surface area contributed by atoms with E-state index in [1.165, 1.54) is 24.3 Å². The zero-order valence-electron chi connectivity index (χ0n) is 24.9. The normalized spacial score (nSPS) is 12.6. The predicted molar refractivity (Wildman–Crippen MR) is 173 cm³/mol. The molecule has 0 aliphatic carbocycles. The van der Waals surface area contributed by atoms with Crippen LogP contribution < -0.4 is 9.47 Å². The molecule has 0 amide bonds. The lowest BCUT2D eigenvalue weighted by atomic mass is 9.91. The summed E-state index contributed by atoms with van der Waals surface area (Å²) in [5.41, 5.74) is 2.57. The van der Waals surface area contributed by atoms with Crippen molar-refractivity contribution in [1.29, 1.82) is 0 Å². The molecule has 7 rings (SSSR count). The van der Waals surface area contributed by atoms with Gasteiger partial charge >= 0.3 is 12.4 Å². The van der Waals surface area contributed by atoms with Gasteiger partial charge in [-0.2, -0.15) is 26.3 Å². The molecule has 6 aromatic carbocycles. The number of ether oxygens (including phenoxy) is 2. The van der Waals surface area contributed by atoms with Crippen molar-refractivity contribution in [3.8, 4) is 46.3 Å². The third kappa shape index (κ3) is 6.26. The van der Waals surface area contributed by atoms with E-state index in [-0.39, 0.29) is 0 Å². The van der Waals surface area contributed by atoms with Gasteiger partial charge in [-0.25, -0.2) is 0 Å². The summed E-state index contributed by atoms with van der Waals surface area (Å²) in [5, 5.41) is 3.58. The summed E-state index contributed by atoms with van der Waals surface area (Å²) >= 11 is 0. The van der Waals surface area contributed by atoms with Gasteiger partial charge < -0.3 is 9.47 Å². The number of halogens is 6. The molecular formula is C40H22F6O2.